The van der Waals surface area contributed by atoms with Crippen molar-refractivity contribution in [3.8, 4) is 5.69 Å². The van der Waals surface area contributed by atoms with E-state index >= 15 is 0 Å². The zero-order chi connectivity index (χ0) is 10.3. The second kappa shape index (κ2) is 3.19. The van der Waals surface area contributed by atoms with E-state index in [4.69, 9.17) is 0 Å². The van der Waals surface area contributed by atoms with Crippen molar-refractivity contribution in [1.29, 1.82) is 0 Å². The van der Waals surface area contributed by atoms with Crippen molar-refractivity contribution in [3.05, 3.63) is 41.7 Å². The lowest BCUT2D eigenvalue weighted by atomic mass is 10.2. The summed E-state index contributed by atoms with van der Waals surface area (Å²) in [5.74, 6) is 0.671. The lowest BCUT2D eigenvalue weighted by molar-refractivity contribution is 0.797. The summed E-state index contributed by atoms with van der Waals surface area (Å²) in [7, 11) is 0. The second-order valence-corrected chi connectivity index (χ2v) is 4.20. The van der Waals surface area contributed by atoms with E-state index in [1.165, 1.54) is 18.4 Å². The Labute approximate surface area is 88.7 Å². The number of aromatic nitrogens is 3. The van der Waals surface area contributed by atoms with Crippen LogP contribution >= 0.6 is 0 Å². The van der Waals surface area contributed by atoms with E-state index < -0.39 is 0 Å². The van der Waals surface area contributed by atoms with Crippen molar-refractivity contribution in [1.82, 2.24) is 15.0 Å². The third-order valence-electron chi connectivity index (χ3n) is 2.81. The van der Waals surface area contributed by atoms with Gasteiger partial charge < -0.3 is 0 Å². The van der Waals surface area contributed by atoms with Crippen LogP contribution in [0.4, 0.5) is 0 Å². The summed E-state index contributed by atoms with van der Waals surface area (Å²) in [5.41, 5.74) is 3.48. The van der Waals surface area contributed by atoms with Crippen LogP contribution in [0.5, 0.6) is 0 Å². The molecule has 1 fully saturated rings. The third-order valence-corrected chi connectivity index (χ3v) is 2.81. The standard InChI is InChI=1S/C12H13N3/c1-9-2-6-11(7-3-9)15-8-12(13-14-15)10-4-5-10/h2-3,6-8,10H,4-5H2,1H3. The van der Waals surface area contributed by atoms with Crippen LogP contribution in [0, 0.1) is 6.92 Å². The Bertz CT molecular complexity index is 466. The van der Waals surface area contributed by atoms with Gasteiger partial charge >= 0.3 is 0 Å². The summed E-state index contributed by atoms with van der Waals surface area (Å²) < 4.78 is 1.85. The van der Waals surface area contributed by atoms with Gasteiger partial charge in [-0.05, 0) is 31.9 Å². The molecular weight excluding hydrogens is 186 g/mol. The maximum atomic E-state index is 4.19. The number of nitrogens with zero attached hydrogens (tertiary/aromatic N) is 3. The third kappa shape index (κ3) is 1.65. The molecule has 0 radical (unpaired) electrons. The monoisotopic (exact) mass is 199 g/mol. The lowest BCUT2D eigenvalue weighted by Crippen LogP contribution is -1.94. The quantitative estimate of drug-likeness (QED) is 0.743. The average molecular weight is 199 g/mol. The van der Waals surface area contributed by atoms with Gasteiger partial charge in [0.05, 0.1) is 17.6 Å². The highest BCUT2D eigenvalue weighted by molar-refractivity contribution is 5.33. The van der Waals surface area contributed by atoms with Crippen molar-refractivity contribution >= 4 is 0 Å². The molecule has 0 spiro atoms. The summed E-state index contributed by atoms with van der Waals surface area (Å²) in [6.07, 6.45) is 4.58. The molecule has 0 N–H and O–H groups in total. The summed E-state index contributed by atoms with van der Waals surface area (Å²) in [4.78, 5) is 0. The van der Waals surface area contributed by atoms with Crippen LogP contribution in [0.1, 0.15) is 30.0 Å². The van der Waals surface area contributed by atoms with Crippen molar-refractivity contribution < 1.29 is 0 Å². The predicted molar refractivity (Wildman–Crippen MR) is 58.1 cm³/mol. The number of hydrogen-bond donors (Lipinski definition) is 0. The summed E-state index contributed by atoms with van der Waals surface area (Å²) >= 11 is 0. The number of benzene rings is 1. The van der Waals surface area contributed by atoms with Crippen LogP contribution < -0.4 is 0 Å². The Kier molecular flexibility index (Phi) is 1.84. The second-order valence-electron chi connectivity index (χ2n) is 4.20. The zero-order valence-corrected chi connectivity index (χ0v) is 8.72. The molecule has 0 bridgehead atoms. The minimum Gasteiger partial charge on any atom is -0.220 e. The van der Waals surface area contributed by atoms with Gasteiger partial charge in [0.25, 0.3) is 0 Å². The molecule has 76 valence electrons. The number of aryl methyl sites for hydroxylation is 1. The predicted octanol–water partition coefficient (Wildman–Crippen LogP) is 2.45. The largest absolute Gasteiger partial charge is 0.220 e. The fourth-order valence-corrected chi connectivity index (χ4v) is 1.67. The first-order valence-electron chi connectivity index (χ1n) is 5.32. The molecule has 15 heavy (non-hydrogen) atoms. The topological polar surface area (TPSA) is 30.7 Å². The highest BCUT2D eigenvalue weighted by atomic mass is 15.4. The Morgan fingerprint density at radius 2 is 1.93 bits per heavy atom. The van der Waals surface area contributed by atoms with Gasteiger partial charge in [-0.15, -0.1) is 5.10 Å². The highest BCUT2D eigenvalue weighted by Crippen LogP contribution is 2.38. The van der Waals surface area contributed by atoms with Gasteiger partial charge in [-0.2, -0.15) is 0 Å². The molecule has 1 heterocycles. The van der Waals surface area contributed by atoms with Crippen LogP contribution in [-0.4, -0.2) is 15.0 Å². The normalized spacial score (nSPS) is 15.5. The van der Waals surface area contributed by atoms with E-state index in [0.29, 0.717) is 5.92 Å². The fourth-order valence-electron chi connectivity index (χ4n) is 1.67. The van der Waals surface area contributed by atoms with Gasteiger partial charge in [0.15, 0.2) is 0 Å². The summed E-state index contributed by atoms with van der Waals surface area (Å²) in [6, 6.07) is 8.32. The van der Waals surface area contributed by atoms with Crippen molar-refractivity contribution in [2.45, 2.75) is 25.7 Å². The molecule has 1 aliphatic carbocycles. The van der Waals surface area contributed by atoms with Gasteiger partial charge in [0.2, 0.25) is 0 Å². The maximum Gasteiger partial charge on any atom is 0.0862 e. The molecular formula is C12H13N3. The van der Waals surface area contributed by atoms with E-state index in [2.05, 4.69) is 41.5 Å². The molecule has 0 saturated heterocycles. The number of hydrogen-bond acceptors (Lipinski definition) is 2. The van der Waals surface area contributed by atoms with Gasteiger partial charge in [0.1, 0.15) is 0 Å². The van der Waals surface area contributed by atoms with E-state index in [0.717, 1.165) is 11.4 Å². The summed E-state index contributed by atoms with van der Waals surface area (Å²) in [5, 5.41) is 8.33. The molecule has 0 atom stereocenters. The van der Waals surface area contributed by atoms with Crippen LogP contribution in [0.2, 0.25) is 0 Å². The highest BCUT2D eigenvalue weighted by Gasteiger charge is 2.26. The molecule has 1 aromatic heterocycles. The van der Waals surface area contributed by atoms with Crippen LogP contribution in [-0.2, 0) is 0 Å². The zero-order valence-electron chi connectivity index (χ0n) is 8.72. The Morgan fingerprint density at radius 3 is 2.60 bits per heavy atom. The lowest BCUT2D eigenvalue weighted by Gasteiger charge is -1.99. The van der Waals surface area contributed by atoms with E-state index in [1.54, 1.807) is 0 Å². The maximum absolute atomic E-state index is 4.19. The smallest absolute Gasteiger partial charge is 0.0862 e. The van der Waals surface area contributed by atoms with Gasteiger partial charge in [-0.3, -0.25) is 0 Å². The van der Waals surface area contributed by atoms with Crippen molar-refractivity contribution in [3.63, 3.8) is 0 Å². The van der Waals surface area contributed by atoms with Crippen LogP contribution in [0.25, 0.3) is 5.69 Å². The van der Waals surface area contributed by atoms with Crippen molar-refractivity contribution in [2.24, 2.45) is 0 Å². The van der Waals surface area contributed by atoms with Gasteiger partial charge in [0, 0.05) is 5.92 Å². The number of rotatable bonds is 2. The molecule has 0 aliphatic heterocycles. The molecule has 3 nitrogen and oxygen atoms in total. The fraction of sp³-hybridized carbons (Fsp3) is 0.333. The molecule has 3 rings (SSSR count). The molecule has 0 unspecified atom stereocenters. The Hall–Kier alpha value is -1.64. The van der Waals surface area contributed by atoms with Crippen molar-refractivity contribution in [2.75, 3.05) is 0 Å². The molecule has 0 amide bonds. The Morgan fingerprint density at radius 1 is 1.20 bits per heavy atom. The summed E-state index contributed by atoms with van der Waals surface area (Å²) in [6.45, 7) is 2.08. The van der Waals surface area contributed by atoms with E-state index in [9.17, 15) is 0 Å². The SMILES string of the molecule is Cc1ccc(-n2cc(C3CC3)nn2)cc1. The molecule has 3 heteroatoms. The van der Waals surface area contributed by atoms with E-state index in [-0.39, 0.29) is 0 Å². The van der Waals surface area contributed by atoms with Gasteiger partial charge in [-0.25, -0.2) is 4.68 Å². The Balaban J connectivity index is 1.93. The molecule has 1 aliphatic rings. The van der Waals surface area contributed by atoms with E-state index in [1.807, 2.05) is 10.9 Å². The first-order valence-corrected chi connectivity index (χ1v) is 5.32. The van der Waals surface area contributed by atoms with Crippen LogP contribution in [0.3, 0.4) is 0 Å². The minimum absolute atomic E-state index is 0.671. The minimum atomic E-state index is 0.671. The first-order chi connectivity index (χ1) is 7.33. The molecule has 1 aromatic carbocycles. The average Bonchev–Trinajstić information content (AvgIpc) is 2.99. The van der Waals surface area contributed by atoms with Gasteiger partial charge in [-0.1, -0.05) is 22.9 Å². The molecule has 1 saturated carbocycles. The first kappa shape index (κ1) is 8.65. The van der Waals surface area contributed by atoms with Crippen LogP contribution in [0.15, 0.2) is 30.5 Å². The molecule has 2 aromatic rings.